The Kier molecular flexibility index (Phi) is 5.32. The Morgan fingerprint density at radius 3 is 2.71 bits per heavy atom. The van der Waals surface area contributed by atoms with E-state index < -0.39 is 0 Å². The highest BCUT2D eigenvalue weighted by molar-refractivity contribution is 6.31. The molecule has 0 aliphatic heterocycles. The van der Waals surface area contributed by atoms with Gasteiger partial charge in [0.1, 0.15) is 5.82 Å². The first-order valence-corrected chi connectivity index (χ1v) is 8.43. The minimum atomic E-state index is -0.220. The number of benzene rings is 1. The van der Waals surface area contributed by atoms with Gasteiger partial charge in [-0.25, -0.2) is 4.39 Å². The van der Waals surface area contributed by atoms with Crippen molar-refractivity contribution in [2.75, 3.05) is 6.54 Å². The van der Waals surface area contributed by atoms with Crippen LogP contribution >= 0.6 is 11.6 Å². The summed E-state index contributed by atoms with van der Waals surface area (Å²) < 4.78 is 13.7. The summed E-state index contributed by atoms with van der Waals surface area (Å²) in [6.07, 6.45) is 5.03. The Hall–Kier alpha value is -0.600. The van der Waals surface area contributed by atoms with Gasteiger partial charge in [0.2, 0.25) is 0 Å². The van der Waals surface area contributed by atoms with Crippen molar-refractivity contribution in [2.45, 2.75) is 59.4 Å². The minimum absolute atomic E-state index is 0.206. The zero-order valence-electron chi connectivity index (χ0n) is 13.6. The lowest BCUT2D eigenvalue weighted by Gasteiger charge is -2.44. The van der Waals surface area contributed by atoms with Gasteiger partial charge >= 0.3 is 0 Å². The number of halogens is 2. The highest BCUT2D eigenvalue weighted by Gasteiger charge is 2.38. The number of hydrogen-bond donors (Lipinski definition) is 1. The van der Waals surface area contributed by atoms with Gasteiger partial charge in [-0.05, 0) is 54.8 Å². The van der Waals surface area contributed by atoms with Gasteiger partial charge in [-0.15, -0.1) is 0 Å². The third-order valence-corrected chi connectivity index (χ3v) is 5.36. The van der Waals surface area contributed by atoms with Crippen LogP contribution in [0.4, 0.5) is 4.39 Å². The largest absolute Gasteiger partial charge is 0.310 e. The zero-order chi connectivity index (χ0) is 15.6. The molecule has 0 spiro atoms. The van der Waals surface area contributed by atoms with Crippen LogP contribution in [-0.4, -0.2) is 6.54 Å². The fourth-order valence-electron chi connectivity index (χ4n) is 3.75. The molecule has 1 aliphatic rings. The third-order valence-electron chi connectivity index (χ3n) is 5.03. The van der Waals surface area contributed by atoms with Gasteiger partial charge in [-0.1, -0.05) is 51.3 Å². The van der Waals surface area contributed by atoms with Crippen molar-refractivity contribution in [2.24, 2.45) is 11.3 Å². The van der Waals surface area contributed by atoms with Gasteiger partial charge in [0.05, 0.1) is 0 Å². The molecule has 21 heavy (non-hydrogen) atoms. The molecule has 0 aromatic heterocycles. The molecule has 1 saturated carbocycles. The van der Waals surface area contributed by atoms with E-state index in [4.69, 9.17) is 11.6 Å². The fraction of sp³-hybridized carbons (Fsp3) is 0.667. The molecule has 0 amide bonds. The molecule has 0 saturated heterocycles. The van der Waals surface area contributed by atoms with Gasteiger partial charge in [-0.2, -0.15) is 0 Å². The first-order valence-electron chi connectivity index (χ1n) is 8.05. The first-order chi connectivity index (χ1) is 9.86. The second kappa shape index (κ2) is 6.66. The maximum atomic E-state index is 13.7. The highest BCUT2D eigenvalue weighted by Crippen LogP contribution is 2.48. The van der Waals surface area contributed by atoms with Crippen LogP contribution in [-0.2, 0) is 0 Å². The molecule has 0 radical (unpaired) electrons. The van der Waals surface area contributed by atoms with Crippen molar-refractivity contribution >= 4 is 11.6 Å². The molecule has 118 valence electrons. The molecule has 1 N–H and O–H groups in total. The summed E-state index contributed by atoms with van der Waals surface area (Å²) in [5, 5.41) is 4.15. The Labute approximate surface area is 133 Å². The Morgan fingerprint density at radius 2 is 2.10 bits per heavy atom. The molecule has 1 aliphatic carbocycles. The summed E-state index contributed by atoms with van der Waals surface area (Å²) in [5.74, 6) is 0.315. The van der Waals surface area contributed by atoms with E-state index in [1.807, 2.05) is 13.0 Å². The van der Waals surface area contributed by atoms with Gasteiger partial charge in [0.15, 0.2) is 0 Å². The van der Waals surface area contributed by atoms with E-state index in [1.165, 1.54) is 31.7 Å². The van der Waals surface area contributed by atoms with Gasteiger partial charge in [0.25, 0.3) is 0 Å². The summed E-state index contributed by atoms with van der Waals surface area (Å²) in [6.45, 7) is 9.53. The average Bonchev–Trinajstić information content (AvgIpc) is 2.41. The fourth-order valence-corrected chi connectivity index (χ4v) is 4.01. The molecule has 1 fully saturated rings. The van der Waals surface area contributed by atoms with E-state index in [0.29, 0.717) is 16.5 Å². The standard InChI is InChI=1S/C18H27ClFN/c1-5-21-17(14-8-6-7-9-18(14,3)4)13-10-12(2)16(20)11-15(13)19/h10-11,14,17,21H,5-9H2,1-4H3. The van der Waals surface area contributed by atoms with Crippen LogP contribution in [0, 0.1) is 24.1 Å². The number of hydrogen-bond acceptors (Lipinski definition) is 1. The predicted molar refractivity (Wildman–Crippen MR) is 88.3 cm³/mol. The topological polar surface area (TPSA) is 12.0 Å². The summed E-state index contributed by atoms with van der Waals surface area (Å²) >= 11 is 6.36. The third kappa shape index (κ3) is 3.60. The molecule has 2 rings (SSSR count). The average molecular weight is 312 g/mol. The van der Waals surface area contributed by atoms with E-state index in [9.17, 15) is 4.39 Å². The maximum absolute atomic E-state index is 13.7. The summed E-state index contributed by atoms with van der Waals surface area (Å²) in [5.41, 5.74) is 2.01. The van der Waals surface area contributed by atoms with Crippen LogP contribution in [0.15, 0.2) is 12.1 Å². The van der Waals surface area contributed by atoms with Crippen molar-refractivity contribution in [1.29, 1.82) is 0 Å². The summed E-state index contributed by atoms with van der Waals surface area (Å²) in [6, 6.07) is 3.60. The molecule has 1 aromatic carbocycles. The number of rotatable bonds is 4. The Balaban J connectivity index is 2.41. The second-order valence-electron chi connectivity index (χ2n) is 7.00. The SMILES string of the molecule is CCNC(c1cc(C)c(F)cc1Cl)C1CCCCC1(C)C. The van der Waals surface area contributed by atoms with Crippen molar-refractivity contribution < 1.29 is 4.39 Å². The van der Waals surface area contributed by atoms with Crippen LogP contribution in [0.5, 0.6) is 0 Å². The van der Waals surface area contributed by atoms with E-state index >= 15 is 0 Å². The molecular formula is C18H27ClFN. The van der Waals surface area contributed by atoms with Gasteiger partial charge in [-0.3, -0.25) is 0 Å². The number of nitrogens with one attached hydrogen (secondary N) is 1. The van der Waals surface area contributed by atoms with Gasteiger partial charge < -0.3 is 5.32 Å². The van der Waals surface area contributed by atoms with Crippen molar-refractivity contribution in [3.63, 3.8) is 0 Å². The maximum Gasteiger partial charge on any atom is 0.127 e. The first kappa shape index (κ1) is 16.8. The van der Waals surface area contributed by atoms with Crippen molar-refractivity contribution in [1.82, 2.24) is 5.32 Å². The molecule has 3 heteroatoms. The van der Waals surface area contributed by atoms with E-state index in [-0.39, 0.29) is 17.3 Å². The van der Waals surface area contributed by atoms with E-state index in [2.05, 4.69) is 26.1 Å². The second-order valence-corrected chi connectivity index (χ2v) is 7.41. The smallest absolute Gasteiger partial charge is 0.127 e. The summed E-state index contributed by atoms with van der Waals surface area (Å²) in [7, 11) is 0. The lowest BCUT2D eigenvalue weighted by molar-refractivity contribution is 0.0988. The lowest BCUT2D eigenvalue weighted by Crippen LogP contribution is -2.39. The molecule has 1 aromatic rings. The van der Waals surface area contributed by atoms with Crippen molar-refractivity contribution in [3.05, 3.63) is 34.1 Å². The van der Waals surface area contributed by atoms with Crippen molar-refractivity contribution in [3.8, 4) is 0 Å². The molecule has 2 atom stereocenters. The Bertz CT molecular complexity index is 498. The minimum Gasteiger partial charge on any atom is -0.310 e. The Morgan fingerprint density at radius 1 is 1.38 bits per heavy atom. The molecule has 0 bridgehead atoms. The van der Waals surface area contributed by atoms with Crippen LogP contribution in [0.25, 0.3) is 0 Å². The van der Waals surface area contributed by atoms with Gasteiger partial charge in [0, 0.05) is 11.1 Å². The monoisotopic (exact) mass is 311 g/mol. The molecule has 2 unspecified atom stereocenters. The quantitative estimate of drug-likeness (QED) is 0.757. The normalized spacial score (nSPS) is 23.0. The van der Waals surface area contributed by atoms with Crippen LogP contribution < -0.4 is 5.32 Å². The van der Waals surface area contributed by atoms with E-state index in [0.717, 1.165) is 12.1 Å². The highest BCUT2D eigenvalue weighted by atomic mass is 35.5. The molecular weight excluding hydrogens is 285 g/mol. The molecule has 1 nitrogen and oxygen atoms in total. The molecule has 0 heterocycles. The zero-order valence-corrected chi connectivity index (χ0v) is 14.4. The summed E-state index contributed by atoms with van der Waals surface area (Å²) in [4.78, 5) is 0. The predicted octanol–water partition coefficient (Wildman–Crippen LogP) is 5.65. The number of aryl methyl sites for hydroxylation is 1. The lowest BCUT2D eigenvalue weighted by atomic mass is 9.64. The van der Waals surface area contributed by atoms with E-state index in [1.54, 1.807) is 0 Å². The van der Waals surface area contributed by atoms with Crippen LogP contribution in [0.3, 0.4) is 0 Å². The van der Waals surface area contributed by atoms with Crippen LogP contribution in [0.2, 0.25) is 5.02 Å². The van der Waals surface area contributed by atoms with Crippen LogP contribution in [0.1, 0.15) is 63.6 Å².